The van der Waals surface area contributed by atoms with E-state index in [1.54, 1.807) is 24.5 Å². The molecular weight excluding hydrogens is 236 g/mol. The first-order valence-electron chi connectivity index (χ1n) is 5.24. The Labute approximate surface area is 104 Å². The molecule has 0 radical (unpaired) electrons. The molecule has 18 heavy (non-hydrogen) atoms. The number of methoxy groups -OCH3 is 1. The van der Waals surface area contributed by atoms with E-state index in [9.17, 15) is 9.59 Å². The van der Waals surface area contributed by atoms with Gasteiger partial charge in [-0.15, -0.1) is 0 Å². The molecule has 0 saturated carbocycles. The molecule has 0 aliphatic rings. The van der Waals surface area contributed by atoms with E-state index >= 15 is 0 Å². The van der Waals surface area contributed by atoms with Crippen LogP contribution in [-0.4, -0.2) is 43.3 Å². The second-order valence-corrected chi connectivity index (χ2v) is 3.23. The first-order valence-corrected chi connectivity index (χ1v) is 5.24. The Morgan fingerprint density at radius 2 is 2.33 bits per heavy atom. The van der Waals surface area contributed by atoms with Gasteiger partial charge < -0.3 is 10.1 Å². The summed E-state index contributed by atoms with van der Waals surface area (Å²) in [5.41, 5.74) is 2.83. The minimum absolute atomic E-state index is 0.273. The van der Waals surface area contributed by atoms with Crippen LogP contribution in [0.15, 0.2) is 29.6 Å². The molecule has 1 heterocycles. The zero-order valence-corrected chi connectivity index (χ0v) is 9.92. The molecule has 7 nitrogen and oxygen atoms in total. The Hall–Kier alpha value is -2.28. The van der Waals surface area contributed by atoms with Crippen molar-refractivity contribution < 1.29 is 14.3 Å². The second kappa shape index (κ2) is 7.91. The quantitative estimate of drug-likeness (QED) is 0.312. The molecule has 0 unspecified atom stereocenters. The number of hydrazone groups is 1. The van der Waals surface area contributed by atoms with Crippen molar-refractivity contribution in [1.82, 2.24) is 15.7 Å². The van der Waals surface area contributed by atoms with Crippen LogP contribution in [0.5, 0.6) is 0 Å². The van der Waals surface area contributed by atoms with Gasteiger partial charge in [-0.3, -0.25) is 14.6 Å². The highest BCUT2D eigenvalue weighted by Gasteiger charge is 2.10. The van der Waals surface area contributed by atoms with Crippen molar-refractivity contribution in [2.24, 2.45) is 5.10 Å². The first kappa shape index (κ1) is 13.8. The van der Waals surface area contributed by atoms with Crippen molar-refractivity contribution in [3.8, 4) is 0 Å². The number of aromatic nitrogens is 1. The third-order valence-corrected chi connectivity index (χ3v) is 1.86. The molecule has 0 aromatic carbocycles. The number of pyridine rings is 1. The molecule has 0 bridgehead atoms. The number of nitrogens with one attached hydrogen (secondary N) is 2. The van der Waals surface area contributed by atoms with E-state index in [2.05, 4.69) is 20.8 Å². The lowest BCUT2D eigenvalue weighted by molar-refractivity contribution is -0.139. The Bertz CT molecular complexity index is 420. The summed E-state index contributed by atoms with van der Waals surface area (Å²) in [6, 6.07) is 3.50. The monoisotopic (exact) mass is 250 g/mol. The number of carbonyl (C=O) groups is 2. The lowest BCUT2D eigenvalue weighted by Crippen LogP contribution is -2.39. The first-order chi connectivity index (χ1) is 8.74. The highest BCUT2D eigenvalue weighted by molar-refractivity contribution is 6.35. The molecule has 1 aromatic heterocycles. The van der Waals surface area contributed by atoms with Gasteiger partial charge in [0.25, 0.3) is 0 Å². The smallest absolute Gasteiger partial charge is 0.329 e. The fourth-order valence-corrected chi connectivity index (χ4v) is 1.02. The van der Waals surface area contributed by atoms with Gasteiger partial charge >= 0.3 is 11.8 Å². The third kappa shape index (κ3) is 5.17. The lowest BCUT2D eigenvalue weighted by Gasteiger charge is -2.02. The number of hydrogen-bond donors (Lipinski definition) is 2. The summed E-state index contributed by atoms with van der Waals surface area (Å²) in [5, 5.41) is 6.00. The van der Waals surface area contributed by atoms with Crippen molar-refractivity contribution in [3.05, 3.63) is 30.1 Å². The molecule has 7 heteroatoms. The summed E-state index contributed by atoms with van der Waals surface area (Å²) < 4.78 is 4.73. The normalized spacial score (nSPS) is 10.3. The fourth-order valence-electron chi connectivity index (χ4n) is 1.02. The van der Waals surface area contributed by atoms with E-state index in [1.165, 1.54) is 13.3 Å². The number of amides is 2. The van der Waals surface area contributed by atoms with Gasteiger partial charge in [0.2, 0.25) is 0 Å². The molecule has 0 aliphatic heterocycles. The van der Waals surface area contributed by atoms with Crippen LogP contribution < -0.4 is 10.7 Å². The molecular formula is C11H14N4O3. The van der Waals surface area contributed by atoms with Crippen molar-refractivity contribution >= 4 is 18.0 Å². The van der Waals surface area contributed by atoms with Crippen molar-refractivity contribution in [2.45, 2.75) is 0 Å². The molecule has 0 fully saturated rings. The molecule has 96 valence electrons. The fraction of sp³-hybridized carbons (Fsp3) is 0.273. The minimum Gasteiger partial charge on any atom is -0.383 e. The van der Waals surface area contributed by atoms with Gasteiger partial charge in [0.1, 0.15) is 0 Å². The largest absolute Gasteiger partial charge is 0.383 e. The highest BCUT2D eigenvalue weighted by atomic mass is 16.5. The van der Waals surface area contributed by atoms with Crippen molar-refractivity contribution in [2.75, 3.05) is 20.3 Å². The molecule has 0 spiro atoms. The number of rotatable bonds is 5. The topological polar surface area (TPSA) is 92.7 Å². The average Bonchev–Trinajstić information content (AvgIpc) is 2.40. The predicted octanol–water partition coefficient (Wildman–Crippen LogP) is -0.706. The van der Waals surface area contributed by atoms with Crippen LogP contribution in [0, 0.1) is 0 Å². The number of ether oxygens (including phenoxy) is 1. The molecule has 2 amide bonds. The standard InChI is InChI=1S/C11H14N4O3/c1-18-6-5-13-10(16)11(17)15-14-8-9-3-2-4-12-7-9/h2-4,7-8H,5-6H2,1H3,(H,13,16)(H,15,17). The van der Waals surface area contributed by atoms with Gasteiger partial charge in [-0.25, -0.2) is 5.43 Å². The Morgan fingerprint density at radius 1 is 1.50 bits per heavy atom. The number of nitrogens with zero attached hydrogens (tertiary/aromatic N) is 2. The molecule has 0 aliphatic carbocycles. The van der Waals surface area contributed by atoms with Crippen LogP contribution in [0.4, 0.5) is 0 Å². The average molecular weight is 250 g/mol. The van der Waals surface area contributed by atoms with Crippen LogP contribution in [0.3, 0.4) is 0 Å². The van der Waals surface area contributed by atoms with Crippen molar-refractivity contribution in [3.63, 3.8) is 0 Å². The Balaban J connectivity index is 2.32. The lowest BCUT2D eigenvalue weighted by atomic mass is 10.3. The summed E-state index contributed by atoms with van der Waals surface area (Å²) >= 11 is 0. The van der Waals surface area contributed by atoms with Crippen LogP contribution in [0.25, 0.3) is 0 Å². The van der Waals surface area contributed by atoms with Gasteiger partial charge in [0, 0.05) is 31.6 Å². The summed E-state index contributed by atoms with van der Waals surface area (Å²) in [7, 11) is 1.50. The Kier molecular flexibility index (Phi) is 6.05. The van der Waals surface area contributed by atoms with E-state index in [0.717, 1.165) is 5.56 Å². The number of hydrogen-bond acceptors (Lipinski definition) is 5. The minimum atomic E-state index is -0.828. The molecule has 1 rings (SSSR count). The maximum atomic E-state index is 11.2. The van der Waals surface area contributed by atoms with Gasteiger partial charge in [0.05, 0.1) is 12.8 Å². The second-order valence-electron chi connectivity index (χ2n) is 3.23. The van der Waals surface area contributed by atoms with Gasteiger partial charge in [0.15, 0.2) is 0 Å². The maximum Gasteiger partial charge on any atom is 0.329 e. The van der Waals surface area contributed by atoms with Crippen LogP contribution >= 0.6 is 0 Å². The molecule has 0 atom stereocenters. The summed E-state index contributed by atoms with van der Waals surface area (Å²) in [6.45, 7) is 0.618. The maximum absolute atomic E-state index is 11.2. The van der Waals surface area contributed by atoms with Crippen LogP contribution in [0.2, 0.25) is 0 Å². The summed E-state index contributed by atoms with van der Waals surface area (Å²) in [4.78, 5) is 26.3. The summed E-state index contributed by atoms with van der Waals surface area (Å²) in [6.07, 6.45) is 4.60. The van der Waals surface area contributed by atoms with Gasteiger partial charge in [-0.1, -0.05) is 6.07 Å². The molecule has 1 aromatic rings. The molecule has 0 saturated heterocycles. The summed E-state index contributed by atoms with van der Waals surface area (Å²) in [5.74, 6) is -1.58. The van der Waals surface area contributed by atoms with E-state index in [4.69, 9.17) is 4.74 Å². The zero-order valence-electron chi connectivity index (χ0n) is 9.92. The van der Waals surface area contributed by atoms with Crippen LogP contribution in [0.1, 0.15) is 5.56 Å². The van der Waals surface area contributed by atoms with Gasteiger partial charge in [-0.2, -0.15) is 5.10 Å². The third-order valence-electron chi connectivity index (χ3n) is 1.86. The van der Waals surface area contributed by atoms with Crippen molar-refractivity contribution in [1.29, 1.82) is 0 Å². The highest BCUT2D eigenvalue weighted by Crippen LogP contribution is 1.89. The Morgan fingerprint density at radius 3 is 3.00 bits per heavy atom. The zero-order chi connectivity index (χ0) is 13.2. The predicted molar refractivity (Wildman–Crippen MR) is 64.9 cm³/mol. The van der Waals surface area contributed by atoms with E-state index in [1.807, 2.05) is 0 Å². The van der Waals surface area contributed by atoms with E-state index < -0.39 is 11.8 Å². The van der Waals surface area contributed by atoms with Gasteiger partial charge in [-0.05, 0) is 6.07 Å². The van der Waals surface area contributed by atoms with E-state index in [0.29, 0.717) is 6.61 Å². The number of carbonyl (C=O) groups excluding carboxylic acids is 2. The SMILES string of the molecule is COCCNC(=O)C(=O)NN=Cc1cccnc1. The molecule has 2 N–H and O–H groups in total. The van der Waals surface area contributed by atoms with Crippen LogP contribution in [-0.2, 0) is 14.3 Å². The van der Waals surface area contributed by atoms with E-state index in [-0.39, 0.29) is 6.54 Å².